The molecular formula is C20H27NO3. The Hall–Kier alpha value is -1.65. The number of allylic oxidation sites excluding steroid dienone is 2. The van der Waals surface area contributed by atoms with E-state index in [0.29, 0.717) is 13.2 Å². The first-order valence-electron chi connectivity index (χ1n) is 8.98. The molecule has 1 fully saturated rings. The van der Waals surface area contributed by atoms with Crippen molar-refractivity contribution in [3.05, 3.63) is 48.0 Å². The summed E-state index contributed by atoms with van der Waals surface area (Å²) in [6.45, 7) is 1.60. The highest BCUT2D eigenvalue weighted by molar-refractivity contribution is 5.79. The molecule has 3 rings (SSSR count). The van der Waals surface area contributed by atoms with Gasteiger partial charge in [-0.25, -0.2) is 0 Å². The predicted octanol–water partition coefficient (Wildman–Crippen LogP) is 2.77. The van der Waals surface area contributed by atoms with Crippen LogP contribution in [-0.2, 0) is 15.1 Å². The molecule has 0 bridgehead atoms. The maximum atomic E-state index is 12.5. The van der Waals surface area contributed by atoms with E-state index >= 15 is 0 Å². The Bertz CT molecular complexity index is 566. The van der Waals surface area contributed by atoms with Crippen LogP contribution in [0.3, 0.4) is 0 Å². The molecule has 1 aromatic carbocycles. The monoisotopic (exact) mass is 329 g/mol. The van der Waals surface area contributed by atoms with E-state index in [-0.39, 0.29) is 24.3 Å². The summed E-state index contributed by atoms with van der Waals surface area (Å²) in [7, 11) is 0. The van der Waals surface area contributed by atoms with Gasteiger partial charge in [-0.3, -0.25) is 4.79 Å². The first-order valence-corrected chi connectivity index (χ1v) is 8.98. The number of amides is 1. The van der Waals surface area contributed by atoms with Crippen LogP contribution in [0.15, 0.2) is 42.5 Å². The number of nitrogens with one attached hydrogen (secondary N) is 1. The van der Waals surface area contributed by atoms with Crippen molar-refractivity contribution < 1.29 is 14.6 Å². The fraction of sp³-hybridized carbons (Fsp3) is 0.550. The minimum atomic E-state index is -1.04. The molecule has 24 heavy (non-hydrogen) atoms. The zero-order chi connectivity index (χ0) is 16.8. The van der Waals surface area contributed by atoms with Crippen molar-refractivity contribution in [3.8, 4) is 0 Å². The lowest BCUT2D eigenvalue weighted by Gasteiger charge is -2.39. The number of benzene rings is 1. The van der Waals surface area contributed by atoms with Gasteiger partial charge in [0.2, 0.25) is 5.91 Å². The average molecular weight is 329 g/mol. The van der Waals surface area contributed by atoms with E-state index in [1.54, 1.807) is 0 Å². The molecule has 2 aliphatic rings. The minimum Gasteiger partial charge on any atom is -0.383 e. The molecule has 1 aliphatic carbocycles. The summed E-state index contributed by atoms with van der Waals surface area (Å²) in [5.74, 6) is 0.186. The van der Waals surface area contributed by atoms with E-state index in [1.807, 2.05) is 30.3 Å². The molecule has 0 saturated carbocycles. The Morgan fingerprint density at radius 2 is 1.92 bits per heavy atom. The van der Waals surface area contributed by atoms with Crippen molar-refractivity contribution >= 4 is 5.91 Å². The molecule has 0 radical (unpaired) electrons. The Kier molecular flexibility index (Phi) is 5.69. The molecule has 1 saturated heterocycles. The van der Waals surface area contributed by atoms with Crippen LogP contribution < -0.4 is 5.32 Å². The molecule has 1 aliphatic heterocycles. The Morgan fingerprint density at radius 1 is 1.17 bits per heavy atom. The normalized spacial score (nSPS) is 24.3. The van der Waals surface area contributed by atoms with Crippen LogP contribution in [0.2, 0.25) is 0 Å². The molecule has 2 N–H and O–H groups in total. The van der Waals surface area contributed by atoms with Crippen LogP contribution in [0, 0.1) is 11.8 Å². The molecule has 1 amide bonds. The number of hydrogen-bond donors (Lipinski definition) is 2. The third-order valence-corrected chi connectivity index (χ3v) is 5.34. The molecule has 4 nitrogen and oxygen atoms in total. The minimum absolute atomic E-state index is 0.0321. The molecule has 130 valence electrons. The standard InChI is InChI=1S/C20H27NO3/c22-19(16-7-3-1-4-8-16)21-15-20(23,17-9-5-2-6-10-17)18-11-13-24-14-12-18/h1-3,5-6,9-10,16,18,23H,4,7-8,11-15H2,(H,21,22)/t16-,20+/m0/s1. The molecular weight excluding hydrogens is 302 g/mol. The molecule has 0 unspecified atom stereocenters. The summed E-state index contributed by atoms with van der Waals surface area (Å²) >= 11 is 0. The van der Waals surface area contributed by atoms with Gasteiger partial charge in [0.1, 0.15) is 5.60 Å². The second kappa shape index (κ2) is 7.95. The topological polar surface area (TPSA) is 58.6 Å². The summed E-state index contributed by atoms with van der Waals surface area (Å²) in [6.07, 6.45) is 8.49. The van der Waals surface area contributed by atoms with E-state index in [4.69, 9.17) is 4.74 Å². The third-order valence-electron chi connectivity index (χ3n) is 5.34. The van der Waals surface area contributed by atoms with E-state index < -0.39 is 5.60 Å². The number of rotatable bonds is 5. The highest BCUT2D eigenvalue weighted by Gasteiger charge is 2.39. The Labute approximate surface area is 143 Å². The highest BCUT2D eigenvalue weighted by atomic mass is 16.5. The van der Waals surface area contributed by atoms with Crippen molar-refractivity contribution in [2.24, 2.45) is 11.8 Å². The highest BCUT2D eigenvalue weighted by Crippen LogP contribution is 2.36. The first-order chi connectivity index (χ1) is 11.7. The lowest BCUT2D eigenvalue weighted by molar-refractivity contribution is -0.128. The quantitative estimate of drug-likeness (QED) is 0.817. The van der Waals surface area contributed by atoms with E-state index in [9.17, 15) is 9.90 Å². The summed E-state index contributed by atoms with van der Waals surface area (Å²) in [4.78, 5) is 12.5. The predicted molar refractivity (Wildman–Crippen MR) is 93.4 cm³/mol. The Morgan fingerprint density at radius 3 is 2.58 bits per heavy atom. The van der Waals surface area contributed by atoms with Crippen LogP contribution in [0.4, 0.5) is 0 Å². The van der Waals surface area contributed by atoms with Gasteiger partial charge in [-0.15, -0.1) is 0 Å². The number of carbonyl (C=O) groups is 1. The smallest absolute Gasteiger partial charge is 0.223 e. The second-order valence-corrected chi connectivity index (χ2v) is 6.88. The maximum absolute atomic E-state index is 12.5. The van der Waals surface area contributed by atoms with Gasteiger partial charge >= 0.3 is 0 Å². The number of ether oxygens (including phenoxy) is 1. The van der Waals surface area contributed by atoms with Crippen molar-refractivity contribution in [1.82, 2.24) is 5.32 Å². The average Bonchev–Trinajstić information content (AvgIpc) is 2.68. The summed E-state index contributed by atoms with van der Waals surface area (Å²) in [5.41, 5.74) is -0.161. The summed E-state index contributed by atoms with van der Waals surface area (Å²) in [5, 5.41) is 14.5. The zero-order valence-corrected chi connectivity index (χ0v) is 14.1. The van der Waals surface area contributed by atoms with Crippen molar-refractivity contribution in [1.29, 1.82) is 0 Å². The number of carbonyl (C=O) groups excluding carboxylic acids is 1. The summed E-state index contributed by atoms with van der Waals surface area (Å²) in [6, 6.07) is 9.72. The van der Waals surface area contributed by atoms with Crippen LogP contribution in [0.1, 0.15) is 37.7 Å². The van der Waals surface area contributed by atoms with Gasteiger partial charge in [0.05, 0.1) is 6.54 Å². The van der Waals surface area contributed by atoms with Gasteiger partial charge < -0.3 is 15.2 Å². The molecule has 0 aromatic heterocycles. The molecule has 4 heteroatoms. The molecule has 1 heterocycles. The zero-order valence-electron chi connectivity index (χ0n) is 14.1. The van der Waals surface area contributed by atoms with Crippen LogP contribution in [-0.4, -0.2) is 30.8 Å². The van der Waals surface area contributed by atoms with Gasteiger partial charge in [-0.2, -0.15) is 0 Å². The lowest BCUT2D eigenvalue weighted by atomic mass is 9.77. The van der Waals surface area contributed by atoms with Gasteiger partial charge in [0.25, 0.3) is 0 Å². The summed E-state index contributed by atoms with van der Waals surface area (Å²) < 4.78 is 5.45. The second-order valence-electron chi connectivity index (χ2n) is 6.88. The maximum Gasteiger partial charge on any atom is 0.223 e. The van der Waals surface area contributed by atoms with Gasteiger partial charge in [0.15, 0.2) is 0 Å². The van der Waals surface area contributed by atoms with Gasteiger partial charge in [-0.1, -0.05) is 42.5 Å². The molecule has 1 aromatic rings. The molecule has 0 spiro atoms. The number of hydrogen-bond acceptors (Lipinski definition) is 3. The van der Waals surface area contributed by atoms with Crippen molar-refractivity contribution in [2.45, 2.75) is 37.7 Å². The van der Waals surface area contributed by atoms with Gasteiger partial charge in [-0.05, 0) is 43.6 Å². The van der Waals surface area contributed by atoms with E-state index in [2.05, 4.69) is 17.5 Å². The molecule has 2 atom stereocenters. The van der Waals surface area contributed by atoms with Crippen molar-refractivity contribution in [3.63, 3.8) is 0 Å². The Balaban J connectivity index is 1.72. The van der Waals surface area contributed by atoms with E-state index in [1.165, 1.54) is 0 Å². The lowest BCUT2D eigenvalue weighted by Crippen LogP contribution is -2.48. The largest absolute Gasteiger partial charge is 0.383 e. The van der Waals surface area contributed by atoms with Gasteiger partial charge in [0, 0.05) is 19.1 Å². The first kappa shape index (κ1) is 17.2. The fourth-order valence-corrected chi connectivity index (χ4v) is 3.78. The van der Waals surface area contributed by atoms with E-state index in [0.717, 1.165) is 37.7 Å². The fourth-order valence-electron chi connectivity index (χ4n) is 3.78. The van der Waals surface area contributed by atoms with Crippen LogP contribution in [0.25, 0.3) is 0 Å². The SMILES string of the molecule is O=C(NC[C@@](O)(c1ccccc1)C1CCOCC1)[C@H]1CC=CCC1. The number of aliphatic hydroxyl groups is 1. The van der Waals surface area contributed by atoms with Crippen LogP contribution in [0.5, 0.6) is 0 Å². The van der Waals surface area contributed by atoms with Crippen LogP contribution >= 0.6 is 0 Å². The van der Waals surface area contributed by atoms with Crippen molar-refractivity contribution in [2.75, 3.05) is 19.8 Å². The third kappa shape index (κ3) is 3.87.